The van der Waals surface area contributed by atoms with Crippen LogP contribution < -0.4 is 20.1 Å². The van der Waals surface area contributed by atoms with Gasteiger partial charge in [0.1, 0.15) is 6.61 Å². The molecule has 1 aliphatic rings. The third kappa shape index (κ3) is 3.71. The third-order valence-electron chi connectivity index (χ3n) is 3.33. The molecule has 6 nitrogen and oxygen atoms in total. The number of urea groups is 1. The van der Waals surface area contributed by atoms with E-state index in [-0.39, 0.29) is 12.1 Å². The number of hydrogen-bond acceptors (Lipinski definition) is 4. The van der Waals surface area contributed by atoms with Crippen LogP contribution in [0.3, 0.4) is 0 Å². The average molecular weight is 309 g/mol. The molecule has 1 heterocycles. The number of anilines is 1. The number of ether oxygens (including phenoxy) is 2. The minimum absolute atomic E-state index is 0.239. The summed E-state index contributed by atoms with van der Waals surface area (Å²) >= 11 is 0. The molecule has 116 valence electrons. The van der Waals surface area contributed by atoms with Gasteiger partial charge in [0, 0.05) is 5.69 Å². The predicted molar refractivity (Wildman–Crippen MR) is 84.5 cm³/mol. The molecule has 0 aliphatic carbocycles. The fourth-order valence-corrected chi connectivity index (χ4v) is 2.17. The van der Waals surface area contributed by atoms with Crippen molar-refractivity contribution in [2.75, 3.05) is 18.5 Å². The van der Waals surface area contributed by atoms with Gasteiger partial charge in [0.05, 0.1) is 18.2 Å². The fraction of sp³-hybridized carbons (Fsp3) is 0.176. The van der Waals surface area contributed by atoms with Crippen LogP contribution in [0.4, 0.5) is 10.5 Å². The number of nitrogens with zero attached hydrogens (tertiary/aromatic N) is 1. The van der Waals surface area contributed by atoms with Crippen LogP contribution in [-0.2, 0) is 0 Å². The van der Waals surface area contributed by atoms with E-state index < -0.39 is 0 Å². The lowest BCUT2D eigenvalue weighted by molar-refractivity contribution is 0.0922. The average Bonchev–Trinajstić information content (AvgIpc) is 2.60. The van der Waals surface area contributed by atoms with Crippen molar-refractivity contribution in [3.8, 4) is 17.6 Å². The van der Waals surface area contributed by atoms with Gasteiger partial charge < -0.3 is 20.1 Å². The second kappa shape index (κ2) is 6.71. The van der Waals surface area contributed by atoms with Gasteiger partial charge in [-0.05, 0) is 36.4 Å². The molecule has 3 rings (SSSR count). The van der Waals surface area contributed by atoms with Crippen molar-refractivity contribution in [1.82, 2.24) is 5.32 Å². The van der Waals surface area contributed by atoms with Gasteiger partial charge in [-0.2, -0.15) is 5.26 Å². The summed E-state index contributed by atoms with van der Waals surface area (Å²) in [5, 5.41) is 14.2. The first-order chi connectivity index (χ1) is 11.2. The summed E-state index contributed by atoms with van der Waals surface area (Å²) in [6.45, 7) is 0.713. The highest BCUT2D eigenvalue weighted by molar-refractivity contribution is 5.89. The maximum absolute atomic E-state index is 11.9. The highest BCUT2D eigenvalue weighted by Gasteiger charge is 2.20. The number of carbonyl (C=O) groups is 1. The molecule has 1 unspecified atom stereocenters. The van der Waals surface area contributed by atoms with Crippen LogP contribution in [0, 0.1) is 11.3 Å². The molecule has 2 amide bonds. The second-order valence-electron chi connectivity index (χ2n) is 5.02. The highest BCUT2D eigenvalue weighted by Crippen LogP contribution is 2.30. The molecule has 2 N–H and O–H groups in total. The van der Waals surface area contributed by atoms with Crippen LogP contribution in [0.5, 0.6) is 11.5 Å². The lowest BCUT2D eigenvalue weighted by Crippen LogP contribution is -2.42. The second-order valence-corrected chi connectivity index (χ2v) is 5.02. The molecule has 23 heavy (non-hydrogen) atoms. The number of nitriles is 1. The van der Waals surface area contributed by atoms with E-state index in [1.165, 1.54) is 0 Å². The number of carbonyl (C=O) groups excluding carboxylic acids is 1. The van der Waals surface area contributed by atoms with E-state index >= 15 is 0 Å². The molecule has 0 radical (unpaired) electrons. The van der Waals surface area contributed by atoms with E-state index in [1.54, 1.807) is 24.3 Å². The number of hydrogen-bond donors (Lipinski definition) is 2. The molecule has 2 aromatic rings. The number of rotatable bonds is 3. The Labute approximate surface area is 133 Å². The van der Waals surface area contributed by atoms with Crippen molar-refractivity contribution in [3.05, 3.63) is 54.1 Å². The summed E-state index contributed by atoms with van der Waals surface area (Å²) < 4.78 is 11.3. The zero-order valence-corrected chi connectivity index (χ0v) is 12.3. The van der Waals surface area contributed by atoms with Gasteiger partial charge in [-0.3, -0.25) is 0 Å². The number of benzene rings is 2. The van der Waals surface area contributed by atoms with Crippen molar-refractivity contribution >= 4 is 11.7 Å². The zero-order chi connectivity index (χ0) is 16.1. The molecule has 0 aromatic heterocycles. The Kier molecular flexibility index (Phi) is 4.29. The Bertz CT molecular complexity index is 737. The van der Waals surface area contributed by atoms with Crippen molar-refractivity contribution in [1.29, 1.82) is 5.26 Å². The van der Waals surface area contributed by atoms with Gasteiger partial charge in [-0.25, -0.2) is 4.79 Å². The standard InChI is InChI=1S/C17H15N3O3/c18-9-12-5-7-13(8-6-12)20-17(21)19-10-14-11-22-15-3-1-2-4-16(15)23-14/h1-8,14H,10-11H2,(H2,19,20,21). The Morgan fingerprint density at radius 2 is 1.91 bits per heavy atom. The molecule has 0 fully saturated rings. The normalized spacial score (nSPS) is 15.3. The van der Waals surface area contributed by atoms with E-state index in [4.69, 9.17) is 14.7 Å². The first-order valence-corrected chi connectivity index (χ1v) is 7.18. The summed E-state index contributed by atoms with van der Waals surface area (Å²) in [5.41, 5.74) is 1.16. The molecule has 1 aliphatic heterocycles. The first kappa shape index (κ1) is 14.7. The molecule has 0 saturated carbocycles. The third-order valence-corrected chi connectivity index (χ3v) is 3.33. The number of fused-ring (bicyclic) bond motifs is 1. The van der Waals surface area contributed by atoms with E-state index in [1.807, 2.05) is 30.3 Å². The van der Waals surface area contributed by atoms with Crippen LogP contribution in [-0.4, -0.2) is 25.3 Å². The van der Waals surface area contributed by atoms with Crippen molar-refractivity contribution in [3.63, 3.8) is 0 Å². The maximum Gasteiger partial charge on any atom is 0.319 e. The zero-order valence-electron chi connectivity index (χ0n) is 12.3. The summed E-state index contributed by atoms with van der Waals surface area (Å²) in [4.78, 5) is 11.9. The topological polar surface area (TPSA) is 83.4 Å². The lowest BCUT2D eigenvalue weighted by atomic mass is 10.2. The maximum atomic E-state index is 11.9. The van der Waals surface area contributed by atoms with Gasteiger partial charge in [0.2, 0.25) is 0 Å². The number of amides is 2. The Hall–Kier alpha value is -3.20. The van der Waals surface area contributed by atoms with Crippen LogP contribution in [0.25, 0.3) is 0 Å². The van der Waals surface area contributed by atoms with E-state index in [9.17, 15) is 4.79 Å². The summed E-state index contributed by atoms with van der Waals surface area (Å²) in [7, 11) is 0. The largest absolute Gasteiger partial charge is 0.486 e. The molecular formula is C17H15N3O3. The Morgan fingerprint density at radius 3 is 2.65 bits per heavy atom. The molecule has 0 saturated heterocycles. The highest BCUT2D eigenvalue weighted by atomic mass is 16.6. The smallest absolute Gasteiger partial charge is 0.319 e. The minimum atomic E-state index is -0.336. The molecule has 0 spiro atoms. The Balaban J connectivity index is 1.49. The monoisotopic (exact) mass is 309 g/mol. The Morgan fingerprint density at radius 1 is 1.17 bits per heavy atom. The molecule has 1 atom stereocenters. The fourth-order valence-electron chi connectivity index (χ4n) is 2.17. The number of para-hydroxylation sites is 2. The van der Waals surface area contributed by atoms with Gasteiger partial charge >= 0.3 is 6.03 Å². The van der Waals surface area contributed by atoms with Gasteiger partial charge in [0.25, 0.3) is 0 Å². The number of nitrogens with one attached hydrogen (secondary N) is 2. The van der Waals surface area contributed by atoms with Crippen LogP contribution in [0.2, 0.25) is 0 Å². The summed E-state index contributed by atoms with van der Waals surface area (Å²) in [6.07, 6.45) is -0.239. The molecular weight excluding hydrogens is 294 g/mol. The summed E-state index contributed by atoms with van der Waals surface area (Å²) in [6, 6.07) is 15.8. The van der Waals surface area contributed by atoms with Crippen LogP contribution in [0.1, 0.15) is 5.56 Å². The predicted octanol–water partition coefficient (Wildman–Crippen LogP) is 2.52. The van der Waals surface area contributed by atoms with Gasteiger partial charge in [-0.1, -0.05) is 12.1 Å². The van der Waals surface area contributed by atoms with E-state index in [0.717, 1.165) is 0 Å². The molecule has 6 heteroatoms. The SMILES string of the molecule is N#Cc1ccc(NC(=O)NCC2COc3ccccc3O2)cc1. The van der Waals surface area contributed by atoms with Crippen molar-refractivity contribution in [2.45, 2.75) is 6.10 Å². The van der Waals surface area contributed by atoms with Gasteiger partial charge in [-0.15, -0.1) is 0 Å². The lowest BCUT2D eigenvalue weighted by Gasteiger charge is -2.26. The first-order valence-electron chi connectivity index (χ1n) is 7.18. The van der Waals surface area contributed by atoms with E-state index in [0.29, 0.717) is 35.9 Å². The van der Waals surface area contributed by atoms with Gasteiger partial charge in [0.15, 0.2) is 17.6 Å². The van der Waals surface area contributed by atoms with Crippen molar-refractivity contribution < 1.29 is 14.3 Å². The summed E-state index contributed by atoms with van der Waals surface area (Å²) in [5.74, 6) is 1.39. The molecule has 0 bridgehead atoms. The van der Waals surface area contributed by atoms with Crippen molar-refractivity contribution in [2.24, 2.45) is 0 Å². The van der Waals surface area contributed by atoms with Crippen LogP contribution >= 0.6 is 0 Å². The molecule has 2 aromatic carbocycles. The van der Waals surface area contributed by atoms with Crippen LogP contribution in [0.15, 0.2) is 48.5 Å². The quantitative estimate of drug-likeness (QED) is 0.912. The van der Waals surface area contributed by atoms with E-state index in [2.05, 4.69) is 10.6 Å². The minimum Gasteiger partial charge on any atom is -0.486 e.